The Labute approximate surface area is 98.3 Å². The van der Waals surface area contributed by atoms with Crippen LogP contribution in [-0.2, 0) is 0 Å². The van der Waals surface area contributed by atoms with Gasteiger partial charge < -0.3 is 9.84 Å². The second kappa shape index (κ2) is 5.35. The Bertz CT molecular complexity index is 326. The van der Waals surface area contributed by atoms with Crippen LogP contribution in [0.3, 0.4) is 0 Å². The first kappa shape index (κ1) is 13.0. The molecule has 90 valence electrons. The van der Waals surface area contributed by atoms with Crippen LogP contribution in [0.2, 0.25) is 0 Å². The fraction of sp³-hybridized carbons (Fsp3) is 0.571. The molecule has 0 heterocycles. The van der Waals surface area contributed by atoms with Crippen molar-refractivity contribution in [3.63, 3.8) is 0 Å². The molecule has 0 aromatic heterocycles. The number of benzene rings is 1. The Morgan fingerprint density at radius 1 is 1.25 bits per heavy atom. The highest BCUT2D eigenvalue weighted by Crippen LogP contribution is 2.30. The van der Waals surface area contributed by atoms with Gasteiger partial charge in [-0.15, -0.1) is 0 Å². The van der Waals surface area contributed by atoms with Crippen molar-refractivity contribution in [1.82, 2.24) is 0 Å². The summed E-state index contributed by atoms with van der Waals surface area (Å²) in [6.45, 7) is 8.10. The molecule has 0 fully saturated rings. The fourth-order valence-corrected chi connectivity index (χ4v) is 1.61. The maximum atomic E-state index is 10.0. The molecule has 0 saturated heterocycles. The normalized spacial score (nSPS) is 13.6. The van der Waals surface area contributed by atoms with Gasteiger partial charge in [0.1, 0.15) is 11.4 Å². The minimum atomic E-state index is -0.427. The first-order valence-electron chi connectivity index (χ1n) is 5.90. The van der Waals surface area contributed by atoms with Gasteiger partial charge in [0.25, 0.3) is 0 Å². The summed E-state index contributed by atoms with van der Waals surface area (Å²) in [6, 6.07) is 7.72. The Morgan fingerprint density at radius 2 is 1.88 bits per heavy atom. The molecule has 0 saturated carbocycles. The lowest BCUT2D eigenvalue weighted by molar-refractivity contribution is 0.115. The van der Waals surface area contributed by atoms with Crippen LogP contribution < -0.4 is 4.74 Å². The van der Waals surface area contributed by atoms with Gasteiger partial charge in [-0.1, -0.05) is 31.5 Å². The molecule has 1 atom stereocenters. The number of hydrogen-bond acceptors (Lipinski definition) is 2. The van der Waals surface area contributed by atoms with Crippen molar-refractivity contribution >= 4 is 0 Å². The Morgan fingerprint density at radius 3 is 2.44 bits per heavy atom. The first-order chi connectivity index (χ1) is 7.44. The number of ether oxygens (including phenoxy) is 1. The number of rotatable bonds is 4. The second-order valence-corrected chi connectivity index (χ2v) is 5.06. The van der Waals surface area contributed by atoms with E-state index in [4.69, 9.17) is 4.74 Å². The first-order valence-corrected chi connectivity index (χ1v) is 5.90. The summed E-state index contributed by atoms with van der Waals surface area (Å²) in [7, 11) is 0. The zero-order valence-electron chi connectivity index (χ0n) is 10.7. The van der Waals surface area contributed by atoms with Crippen molar-refractivity contribution < 1.29 is 9.84 Å². The van der Waals surface area contributed by atoms with E-state index < -0.39 is 6.10 Å². The number of aliphatic hydroxyl groups is 1. The molecule has 16 heavy (non-hydrogen) atoms. The summed E-state index contributed by atoms with van der Waals surface area (Å²) in [5.41, 5.74) is 0.654. The summed E-state index contributed by atoms with van der Waals surface area (Å²) in [6.07, 6.45) is 1.30. The van der Waals surface area contributed by atoms with Crippen LogP contribution in [0.4, 0.5) is 0 Å². The average molecular weight is 222 g/mol. The molecule has 0 bridgehead atoms. The molecule has 0 aliphatic rings. The molecule has 1 rings (SSSR count). The van der Waals surface area contributed by atoms with E-state index in [9.17, 15) is 5.11 Å². The number of aliphatic hydroxyl groups excluding tert-OH is 1. The van der Waals surface area contributed by atoms with Crippen LogP contribution in [0.15, 0.2) is 24.3 Å². The molecule has 0 amide bonds. The second-order valence-electron chi connectivity index (χ2n) is 5.06. The minimum absolute atomic E-state index is 0.234. The van der Waals surface area contributed by atoms with Crippen LogP contribution in [0.25, 0.3) is 0 Å². The average Bonchev–Trinajstić information content (AvgIpc) is 2.16. The van der Waals surface area contributed by atoms with Gasteiger partial charge in [-0.2, -0.15) is 0 Å². The van der Waals surface area contributed by atoms with Crippen molar-refractivity contribution in [1.29, 1.82) is 0 Å². The van der Waals surface area contributed by atoms with E-state index in [0.29, 0.717) is 0 Å². The van der Waals surface area contributed by atoms with Gasteiger partial charge in [0.2, 0.25) is 0 Å². The van der Waals surface area contributed by atoms with E-state index in [2.05, 4.69) is 6.92 Å². The summed E-state index contributed by atoms with van der Waals surface area (Å²) in [5, 5.41) is 10.0. The Balaban J connectivity index is 2.91. The fourth-order valence-electron chi connectivity index (χ4n) is 1.61. The van der Waals surface area contributed by atoms with E-state index in [1.54, 1.807) is 0 Å². The van der Waals surface area contributed by atoms with E-state index in [-0.39, 0.29) is 5.60 Å². The maximum Gasteiger partial charge on any atom is 0.125 e. The van der Waals surface area contributed by atoms with Crippen molar-refractivity contribution in [2.24, 2.45) is 0 Å². The number of hydrogen-bond donors (Lipinski definition) is 1. The smallest absolute Gasteiger partial charge is 0.125 e. The van der Waals surface area contributed by atoms with Gasteiger partial charge >= 0.3 is 0 Å². The lowest BCUT2D eigenvalue weighted by Crippen LogP contribution is -2.24. The third kappa shape index (κ3) is 3.86. The van der Waals surface area contributed by atoms with Crippen LogP contribution in [0.1, 0.15) is 52.2 Å². The monoisotopic (exact) mass is 222 g/mol. The van der Waals surface area contributed by atoms with Crippen molar-refractivity contribution in [2.75, 3.05) is 0 Å². The molecule has 0 spiro atoms. The molecule has 0 aliphatic carbocycles. The lowest BCUT2D eigenvalue weighted by Gasteiger charge is -2.24. The Kier molecular flexibility index (Phi) is 4.36. The van der Waals surface area contributed by atoms with Crippen LogP contribution in [0, 0.1) is 0 Å². The van der Waals surface area contributed by atoms with E-state index in [0.717, 1.165) is 24.2 Å². The summed E-state index contributed by atoms with van der Waals surface area (Å²) in [4.78, 5) is 0. The largest absolute Gasteiger partial charge is 0.488 e. The predicted octanol–water partition coefficient (Wildman–Crippen LogP) is 3.70. The predicted molar refractivity (Wildman–Crippen MR) is 66.7 cm³/mol. The molecule has 0 aliphatic heterocycles. The van der Waals surface area contributed by atoms with Crippen molar-refractivity contribution in [3.8, 4) is 5.75 Å². The zero-order chi connectivity index (χ0) is 12.2. The van der Waals surface area contributed by atoms with Gasteiger partial charge in [-0.25, -0.2) is 0 Å². The zero-order valence-corrected chi connectivity index (χ0v) is 10.7. The SMILES string of the molecule is CCCC(O)c1ccccc1OC(C)(C)C. The van der Waals surface area contributed by atoms with E-state index in [1.165, 1.54) is 0 Å². The third-order valence-electron chi connectivity index (χ3n) is 2.26. The molecule has 2 heteroatoms. The van der Waals surface area contributed by atoms with Crippen molar-refractivity contribution in [3.05, 3.63) is 29.8 Å². The Hall–Kier alpha value is -1.02. The maximum absolute atomic E-state index is 10.0. The molecule has 0 radical (unpaired) electrons. The highest BCUT2D eigenvalue weighted by molar-refractivity contribution is 5.35. The quantitative estimate of drug-likeness (QED) is 0.841. The topological polar surface area (TPSA) is 29.5 Å². The molecule has 1 aromatic carbocycles. The summed E-state index contributed by atoms with van der Waals surface area (Å²) in [5.74, 6) is 0.788. The van der Waals surface area contributed by atoms with Gasteiger partial charge in [0.05, 0.1) is 6.10 Å². The van der Waals surface area contributed by atoms with Crippen LogP contribution >= 0.6 is 0 Å². The summed E-state index contributed by atoms with van der Waals surface area (Å²) >= 11 is 0. The van der Waals surface area contributed by atoms with Crippen LogP contribution in [0.5, 0.6) is 5.75 Å². The van der Waals surface area contributed by atoms with E-state index >= 15 is 0 Å². The van der Waals surface area contributed by atoms with Gasteiger partial charge in [0.15, 0.2) is 0 Å². The lowest BCUT2D eigenvalue weighted by atomic mass is 10.0. The van der Waals surface area contributed by atoms with Crippen LogP contribution in [-0.4, -0.2) is 10.7 Å². The molecule has 1 unspecified atom stereocenters. The van der Waals surface area contributed by atoms with Gasteiger partial charge in [-0.3, -0.25) is 0 Å². The third-order valence-corrected chi connectivity index (χ3v) is 2.26. The minimum Gasteiger partial charge on any atom is -0.488 e. The highest BCUT2D eigenvalue weighted by Gasteiger charge is 2.17. The standard InChI is InChI=1S/C14H22O2/c1-5-8-12(15)11-9-6-7-10-13(11)16-14(2,3)4/h6-7,9-10,12,15H,5,8H2,1-4H3. The molecule has 2 nitrogen and oxygen atoms in total. The highest BCUT2D eigenvalue weighted by atomic mass is 16.5. The van der Waals surface area contributed by atoms with Crippen molar-refractivity contribution in [2.45, 2.75) is 52.2 Å². The van der Waals surface area contributed by atoms with Gasteiger partial charge in [0, 0.05) is 5.56 Å². The molecular formula is C14H22O2. The van der Waals surface area contributed by atoms with E-state index in [1.807, 2.05) is 45.0 Å². The molecular weight excluding hydrogens is 200 g/mol. The van der Waals surface area contributed by atoms with Gasteiger partial charge in [-0.05, 0) is 33.3 Å². The molecule has 1 aromatic rings. The summed E-state index contributed by atoms with van der Waals surface area (Å²) < 4.78 is 5.84. The molecule has 1 N–H and O–H groups in total. The number of para-hydroxylation sites is 1.